The van der Waals surface area contributed by atoms with Crippen molar-refractivity contribution in [3.63, 3.8) is 0 Å². The van der Waals surface area contributed by atoms with Crippen molar-refractivity contribution in [1.82, 2.24) is 0 Å². The Kier molecular flexibility index (Phi) is 3.61. The number of hydrogen-bond acceptors (Lipinski definition) is 0. The Bertz CT molecular complexity index is 165. The Morgan fingerprint density at radius 3 is 2.56 bits per heavy atom. The molecule has 0 saturated carbocycles. The van der Waals surface area contributed by atoms with Gasteiger partial charge in [0.1, 0.15) is 0 Å². The quantitative estimate of drug-likeness (QED) is 0.299. The molecule has 0 aliphatic rings. The first-order chi connectivity index (χ1) is 3.80. The topological polar surface area (TPSA) is 0 Å². The van der Waals surface area contributed by atoms with Gasteiger partial charge in [-0.25, -0.2) is 4.39 Å². The number of hydrogen-bond donors (Lipinski definition) is 0. The van der Waals surface area contributed by atoms with Crippen LogP contribution in [0.15, 0.2) is 18.2 Å². The first-order valence-corrected chi connectivity index (χ1v) is 2.43. The van der Waals surface area contributed by atoms with E-state index in [4.69, 9.17) is 0 Å². The van der Waals surface area contributed by atoms with Gasteiger partial charge in [0.2, 0.25) is 0 Å². The Labute approximate surface area is 66.3 Å². The van der Waals surface area contributed by atoms with Gasteiger partial charge in [-0.15, -0.1) is 11.6 Å². The van der Waals surface area contributed by atoms with Crippen LogP contribution in [0.1, 0.15) is 5.56 Å². The van der Waals surface area contributed by atoms with E-state index in [2.05, 4.69) is 6.07 Å². The second-order valence-electron chi connectivity index (χ2n) is 1.67. The molecule has 0 aromatic heterocycles. The molecule has 1 aromatic carbocycles. The monoisotopic (exact) mass is 116 g/mol. The summed E-state index contributed by atoms with van der Waals surface area (Å²) in [4.78, 5) is 0. The van der Waals surface area contributed by atoms with Gasteiger partial charge in [-0.05, 0) is 0 Å². The average molecular weight is 116 g/mol. The third kappa shape index (κ3) is 2.22. The van der Waals surface area contributed by atoms with Crippen LogP contribution in [0.4, 0.5) is 4.39 Å². The summed E-state index contributed by atoms with van der Waals surface area (Å²) in [6.45, 7) is 1.71. The van der Waals surface area contributed by atoms with Crippen LogP contribution in [-0.2, 0) is 0 Å². The van der Waals surface area contributed by atoms with Crippen molar-refractivity contribution in [3.05, 3.63) is 35.6 Å². The Hall–Kier alpha value is -0.253. The summed E-state index contributed by atoms with van der Waals surface area (Å²) in [5, 5.41) is 0. The Balaban J connectivity index is 0.000000640. The molecule has 1 rings (SSSR count). The molecule has 0 fully saturated rings. The fourth-order valence-corrected chi connectivity index (χ4v) is 0.501. The van der Waals surface area contributed by atoms with Crippen LogP contribution in [0.5, 0.6) is 0 Å². The molecule has 0 spiro atoms. The first-order valence-electron chi connectivity index (χ1n) is 2.43. The van der Waals surface area contributed by atoms with E-state index in [1.165, 1.54) is 0 Å². The van der Waals surface area contributed by atoms with Gasteiger partial charge in [-0.1, -0.05) is 6.92 Å². The second-order valence-corrected chi connectivity index (χ2v) is 1.67. The zero-order valence-electron chi connectivity index (χ0n) is 5.61. The van der Waals surface area contributed by atoms with Crippen molar-refractivity contribution in [2.45, 2.75) is 6.92 Å². The molecular weight excluding hydrogens is 110 g/mol. The summed E-state index contributed by atoms with van der Waals surface area (Å²) in [6, 6.07) is 7.47. The molecule has 0 saturated heterocycles. The van der Waals surface area contributed by atoms with Crippen LogP contribution in [0.3, 0.4) is 0 Å². The summed E-state index contributed by atoms with van der Waals surface area (Å²) in [7, 11) is 0. The van der Waals surface area contributed by atoms with E-state index >= 15 is 0 Å². The molecule has 0 radical (unpaired) electrons. The Morgan fingerprint density at radius 2 is 2.22 bits per heavy atom. The maximum Gasteiger partial charge on any atom is 1.00 e. The van der Waals surface area contributed by atoms with E-state index in [0.717, 1.165) is 0 Å². The van der Waals surface area contributed by atoms with E-state index in [1.807, 2.05) is 0 Å². The van der Waals surface area contributed by atoms with Crippen molar-refractivity contribution < 1.29 is 23.3 Å². The number of halogens is 1. The van der Waals surface area contributed by atoms with Crippen molar-refractivity contribution in [2.24, 2.45) is 0 Å². The first kappa shape index (κ1) is 8.75. The van der Waals surface area contributed by atoms with Crippen LogP contribution < -0.4 is 18.9 Å². The predicted molar refractivity (Wildman–Crippen MR) is 30.0 cm³/mol. The average Bonchev–Trinajstić information content (AvgIpc) is 1.77. The second kappa shape index (κ2) is 3.71. The van der Waals surface area contributed by atoms with Gasteiger partial charge in [0.25, 0.3) is 0 Å². The molecule has 42 valence electrons. The minimum Gasteiger partial charge on any atom is -0.236 e. The zero-order chi connectivity index (χ0) is 5.98. The molecule has 0 nitrogen and oxygen atoms in total. The fourth-order valence-electron chi connectivity index (χ4n) is 0.501. The summed E-state index contributed by atoms with van der Waals surface area (Å²) < 4.78 is 12.3. The normalized spacial score (nSPS) is 8.22. The maximum atomic E-state index is 12.3. The SMILES string of the molecule is Cc1ccc[c-]c1F.[Li+]. The van der Waals surface area contributed by atoms with Crippen LogP contribution in [0.25, 0.3) is 0 Å². The van der Waals surface area contributed by atoms with Gasteiger partial charge in [0.05, 0.1) is 0 Å². The van der Waals surface area contributed by atoms with Gasteiger partial charge in [0, 0.05) is 5.82 Å². The van der Waals surface area contributed by atoms with Gasteiger partial charge >= 0.3 is 18.9 Å². The molecule has 2 heteroatoms. The minimum absolute atomic E-state index is 0. The van der Waals surface area contributed by atoms with Gasteiger partial charge in [-0.3, -0.25) is 0 Å². The summed E-state index contributed by atoms with van der Waals surface area (Å²) in [5.41, 5.74) is 0.646. The molecule has 1 aromatic rings. The molecule has 0 unspecified atom stereocenters. The minimum atomic E-state index is -0.257. The van der Waals surface area contributed by atoms with Crippen LogP contribution in [0.2, 0.25) is 0 Å². The van der Waals surface area contributed by atoms with Gasteiger partial charge in [0.15, 0.2) is 0 Å². The largest absolute Gasteiger partial charge is 1.00 e. The summed E-state index contributed by atoms with van der Waals surface area (Å²) in [6.07, 6.45) is 0. The van der Waals surface area contributed by atoms with Gasteiger partial charge < -0.3 is 0 Å². The van der Waals surface area contributed by atoms with Crippen molar-refractivity contribution in [2.75, 3.05) is 0 Å². The van der Waals surface area contributed by atoms with Crippen LogP contribution in [0, 0.1) is 18.8 Å². The van der Waals surface area contributed by atoms with Crippen molar-refractivity contribution in [3.8, 4) is 0 Å². The zero-order valence-corrected chi connectivity index (χ0v) is 5.61. The third-order valence-corrected chi connectivity index (χ3v) is 0.999. The van der Waals surface area contributed by atoms with E-state index < -0.39 is 0 Å². The third-order valence-electron chi connectivity index (χ3n) is 0.999. The molecule has 0 heterocycles. The molecule has 0 aliphatic heterocycles. The van der Waals surface area contributed by atoms with Gasteiger partial charge in [-0.2, -0.15) is 18.2 Å². The number of rotatable bonds is 0. The fraction of sp³-hybridized carbons (Fsp3) is 0.143. The van der Waals surface area contributed by atoms with E-state index in [-0.39, 0.29) is 24.7 Å². The molecule has 0 amide bonds. The predicted octanol–water partition coefficient (Wildman–Crippen LogP) is -1.06. The molecular formula is C7H6FLi. The molecule has 0 N–H and O–H groups in total. The van der Waals surface area contributed by atoms with E-state index in [1.54, 1.807) is 25.1 Å². The molecule has 0 atom stereocenters. The van der Waals surface area contributed by atoms with E-state index in [9.17, 15) is 4.39 Å². The summed E-state index contributed by atoms with van der Waals surface area (Å²) >= 11 is 0. The Morgan fingerprint density at radius 1 is 1.56 bits per heavy atom. The molecule has 0 aliphatic carbocycles. The van der Waals surface area contributed by atoms with Crippen molar-refractivity contribution in [1.29, 1.82) is 0 Å². The number of benzene rings is 1. The summed E-state index contributed by atoms with van der Waals surface area (Å²) in [5.74, 6) is -0.257. The maximum absolute atomic E-state index is 12.3. The number of aryl methyl sites for hydroxylation is 1. The van der Waals surface area contributed by atoms with E-state index in [0.29, 0.717) is 5.56 Å². The molecule has 0 bridgehead atoms. The molecule has 9 heavy (non-hydrogen) atoms. The standard InChI is InChI=1S/C7H6F.Li/c1-6-4-2-3-5-7(6)8;/h2-4H,1H3;/q-1;+1. The van der Waals surface area contributed by atoms with Crippen molar-refractivity contribution >= 4 is 0 Å². The van der Waals surface area contributed by atoms with Crippen LogP contribution >= 0.6 is 0 Å². The van der Waals surface area contributed by atoms with Crippen LogP contribution in [-0.4, -0.2) is 0 Å². The smallest absolute Gasteiger partial charge is 0.236 e.